The van der Waals surface area contributed by atoms with Crippen LogP contribution in [0, 0.1) is 12.7 Å². The minimum Gasteiger partial charge on any atom is -0.485 e. The second-order valence-electron chi connectivity index (χ2n) is 4.05. The van der Waals surface area contributed by atoms with Crippen molar-refractivity contribution in [2.75, 3.05) is 0 Å². The Morgan fingerprint density at radius 2 is 1.71 bits per heavy atom. The molecule has 2 heteroatoms. The van der Waals surface area contributed by atoms with E-state index in [4.69, 9.17) is 4.74 Å². The van der Waals surface area contributed by atoms with Gasteiger partial charge in [-0.05, 0) is 31.5 Å². The molecule has 0 amide bonds. The summed E-state index contributed by atoms with van der Waals surface area (Å²) in [4.78, 5) is 0. The molecule has 0 bridgehead atoms. The maximum absolute atomic E-state index is 11.9. The Morgan fingerprint density at radius 1 is 1.00 bits per heavy atom. The Kier molecular flexibility index (Phi) is 3.43. The fraction of sp³-hybridized carbons (Fsp3) is 0.200. The van der Waals surface area contributed by atoms with Crippen molar-refractivity contribution in [3.05, 3.63) is 65.5 Å². The van der Waals surface area contributed by atoms with Crippen molar-refractivity contribution >= 4 is 0 Å². The van der Waals surface area contributed by atoms with Crippen molar-refractivity contribution < 1.29 is 9.13 Å². The van der Waals surface area contributed by atoms with E-state index >= 15 is 0 Å². The van der Waals surface area contributed by atoms with E-state index in [0.29, 0.717) is 6.10 Å². The molecule has 2 aromatic rings. The first-order chi connectivity index (χ1) is 8.18. The van der Waals surface area contributed by atoms with E-state index in [0.717, 1.165) is 5.75 Å². The van der Waals surface area contributed by atoms with Crippen LogP contribution < -0.4 is 4.74 Å². The van der Waals surface area contributed by atoms with Crippen LogP contribution >= 0.6 is 0 Å². The van der Waals surface area contributed by atoms with Crippen LogP contribution in [-0.2, 0) is 0 Å². The summed E-state index contributed by atoms with van der Waals surface area (Å²) in [5.74, 6) is 0.914. The first-order valence-electron chi connectivity index (χ1n) is 5.65. The van der Waals surface area contributed by atoms with Crippen molar-refractivity contribution in [1.29, 1.82) is 0 Å². The maximum atomic E-state index is 11.9. The molecule has 0 N–H and O–H groups in total. The van der Waals surface area contributed by atoms with Crippen molar-refractivity contribution in [2.45, 2.75) is 20.0 Å². The molecule has 0 saturated heterocycles. The van der Waals surface area contributed by atoms with E-state index in [1.165, 1.54) is 23.3 Å². The quantitative estimate of drug-likeness (QED) is 0.656. The minimum absolute atomic E-state index is 0.178. The number of hydrogen-bond acceptors (Lipinski definition) is 1. The van der Waals surface area contributed by atoms with E-state index in [2.05, 4.69) is 32.0 Å². The molecule has 0 aliphatic carbocycles. The molecule has 1 unspecified atom stereocenters. The lowest BCUT2D eigenvalue weighted by Crippen LogP contribution is -2.16. The third-order valence-corrected chi connectivity index (χ3v) is 2.71. The lowest BCUT2D eigenvalue weighted by molar-refractivity contribution is 0.164. The Hall–Kier alpha value is -1.83. The Labute approximate surface area is 101 Å². The molecule has 0 spiro atoms. The highest BCUT2D eigenvalue weighted by atomic mass is 19.1. The standard InChI is InChI=1S/C9H10O.C6H5F/c1-6-4-3-5-8-7(2)10-9(6)8;7-6-4-2-1-3-5-6/h3-5,7H,1-2H3;1-5H. The lowest BCUT2D eigenvalue weighted by Gasteiger charge is -2.29. The molecule has 0 radical (unpaired) electrons. The zero-order chi connectivity index (χ0) is 12.3. The number of fused-ring (bicyclic) bond motifs is 1. The summed E-state index contributed by atoms with van der Waals surface area (Å²) in [6.07, 6.45) is 0.315. The normalized spacial score (nSPS) is 15.8. The van der Waals surface area contributed by atoms with Gasteiger partial charge in [-0.3, -0.25) is 0 Å². The van der Waals surface area contributed by atoms with Crippen molar-refractivity contribution in [1.82, 2.24) is 0 Å². The predicted octanol–water partition coefficient (Wildman–Crippen LogP) is 4.27. The molecule has 88 valence electrons. The van der Waals surface area contributed by atoms with Gasteiger partial charge in [-0.2, -0.15) is 0 Å². The first-order valence-corrected chi connectivity index (χ1v) is 5.65. The van der Waals surface area contributed by atoms with Crippen molar-refractivity contribution in [3.8, 4) is 5.75 Å². The number of ether oxygens (including phenoxy) is 1. The third-order valence-electron chi connectivity index (χ3n) is 2.71. The smallest absolute Gasteiger partial charge is 0.130 e. The van der Waals surface area contributed by atoms with Gasteiger partial charge < -0.3 is 4.74 Å². The van der Waals surface area contributed by atoms with E-state index in [1.54, 1.807) is 18.2 Å². The summed E-state index contributed by atoms with van der Waals surface area (Å²) in [6.45, 7) is 4.15. The molecule has 1 aliphatic heterocycles. The van der Waals surface area contributed by atoms with Gasteiger partial charge in [0.1, 0.15) is 17.7 Å². The summed E-state index contributed by atoms with van der Waals surface area (Å²) in [6, 6.07) is 14.2. The van der Waals surface area contributed by atoms with E-state index in [1.807, 2.05) is 0 Å². The highest BCUT2D eigenvalue weighted by Gasteiger charge is 2.24. The highest BCUT2D eigenvalue weighted by Crippen LogP contribution is 2.40. The number of hydrogen-bond donors (Lipinski definition) is 0. The largest absolute Gasteiger partial charge is 0.485 e. The molecule has 2 aromatic carbocycles. The summed E-state index contributed by atoms with van der Waals surface area (Å²) in [5.41, 5.74) is 2.59. The maximum Gasteiger partial charge on any atom is 0.130 e. The number of halogens is 1. The molecule has 3 rings (SSSR count). The number of benzene rings is 2. The van der Waals surface area contributed by atoms with Crippen LogP contribution in [-0.4, -0.2) is 0 Å². The summed E-state index contributed by atoms with van der Waals surface area (Å²) < 4.78 is 17.3. The molecule has 17 heavy (non-hydrogen) atoms. The second kappa shape index (κ2) is 5.00. The summed E-state index contributed by atoms with van der Waals surface area (Å²) in [5, 5.41) is 0. The molecule has 1 aliphatic rings. The lowest BCUT2D eigenvalue weighted by atomic mass is 10.0. The second-order valence-corrected chi connectivity index (χ2v) is 4.05. The van der Waals surface area contributed by atoms with Crippen molar-refractivity contribution in [2.24, 2.45) is 0 Å². The topological polar surface area (TPSA) is 9.23 Å². The van der Waals surface area contributed by atoms with E-state index in [9.17, 15) is 4.39 Å². The Balaban J connectivity index is 0.000000136. The molecule has 0 aromatic heterocycles. The van der Waals surface area contributed by atoms with Gasteiger partial charge in [0.2, 0.25) is 0 Å². The average molecular weight is 230 g/mol. The Bertz CT molecular complexity index is 494. The van der Waals surface area contributed by atoms with E-state index < -0.39 is 0 Å². The fourth-order valence-corrected chi connectivity index (χ4v) is 1.75. The van der Waals surface area contributed by atoms with Gasteiger partial charge in [-0.1, -0.05) is 36.4 Å². The van der Waals surface area contributed by atoms with Crippen LogP contribution in [0.15, 0.2) is 48.5 Å². The van der Waals surface area contributed by atoms with Gasteiger partial charge in [0.25, 0.3) is 0 Å². The zero-order valence-electron chi connectivity index (χ0n) is 9.98. The average Bonchev–Trinajstić information content (AvgIpc) is 2.32. The molecule has 1 atom stereocenters. The number of rotatable bonds is 0. The van der Waals surface area contributed by atoms with Gasteiger partial charge in [0.05, 0.1) is 0 Å². The van der Waals surface area contributed by atoms with Gasteiger partial charge in [-0.25, -0.2) is 4.39 Å². The van der Waals surface area contributed by atoms with Gasteiger partial charge in [0, 0.05) is 5.56 Å². The van der Waals surface area contributed by atoms with Crippen LogP contribution in [0.5, 0.6) is 5.75 Å². The van der Waals surface area contributed by atoms with Gasteiger partial charge in [0.15, 0.2) is 0 Å². The molecular weight excluding hydrogens is 215 g/mol. The van der Waals surface area contributed by atoms with Crippen LogP contribution in [0.1, 0.15) is 24.2 Å². The molecule has 0 fully saturated rings. The molecule has 1 nitrogen and oxygen atoms in total. The van der Waals surface area contributed by atoms with Gasteiger partial charge in [-0.15, -0.1) is 0 Å². The first kappa shape index (κ1) is 11.6. The number of para-hydroxylation sites is 1. The van der Waals surface area contributed by atoms with Crippen LogP contribution in [0.4, 0.5) is 4.39 Å². The highest BCUT2D eigenvalue weighted by molar-refractivity contribution is 5.47. The summed E-state index contributed by atoms with van der Waals surface area (Å²) >= 11 is 0. The van der Waals surface area contributed by atoms with Gasteiger partial charge >= 0.3 is 0 Å². The molecule has 1 heterocycles. The zero-order valence-corrected chi connectivity index (χ0v) is 9.98. The fourth-order valence-electron chi connectivity index (χ4n) is 1.75. The third kappa shape index (κ3) is 2.64. The number of aryl methyl sites for hydroxylation is 1. The minimum atomic E-state index is -0.178. The molecule has 0 saturated carbocycles. The molecular formula is C15H15FO. The monoisotopic (exact) mass is 230 g/mol. The SMILES string of the molecule is Cc1cccc2c1OC2C.Fc1ccccc1. The van der Waals surface area contributed by atoms with Crippen LogP contribution in [0.3, 0.4) is 0 Å². The summed E-state index contributed by atoms with van der Waals surface area (Å²) in [7, 11) is 0. The Morgan fingerprint density at radius 3 is 2.18 bits per heavy atom. The predicted molar refractivity (Wildman–Crippen MR) is 66.6 cm³/mol. The van der Waals surface area contributed by atoms with Crippen molar-refractivity contribution in [3.63, 3.8) is 0 Å². The van der Waals surface area contributed by atoms with Crippen LogP contribution in [0.2, 0.25) is 0 Å². The van der Waals surface area contributed by atoms with Crippen LogP contribution in [0.25, 0.3) is 0 Å². The van der Waals surface area contributed by atoms with E-state index in [-0.39, 0.29) is 5.82 Å².